The average molecular weight is 443 g/mol. The van der Waals surface area contributed by atoms with Gasteiger partial charge in [0.25, 0.3) is 5.91 Å². The molecule has 0 aliphatic carbocycles. The van der Waals surface area contributed by atoms with E-state index < -0.39 is 0 Å². The Bertz CT molecular complexity index is 938. The van der Waals surface area contributed by atoms with Crippen molar-refractivity contribution < 1.29 is 9.63 Å². The van der Waals surface area contributed by atoms with Crippen molar-refractivity contribution in [3.05, 3.63) is 29.3 Å². The van der Waals surface area contributed by atoms with E-state index in [-0.39, 0.29) is 17.4 Å². The standard InChI is InChI=1S/C22H34N8O2/c1-14-7-8-15(18(31)29-32-6)11-17(14)25-20-26-19(24-16-9-10-23-12-16)27-21(28-20)30(5)13-22(2,3)4/h7-8,11,16,23H,9-10,12-13H2,1-6H3,(H,29,31)(H2,24,25,26,27,28)/t16-/m1/s1. The van der Waals surface area contributed by atoms with Gasteiger partial charge in [-0.05, 0) is 43.0 Å². The first-order valence-electron chi connectivity index (χ1n) is 10.8. The van der Waals surface area contributed by atoms with Gasteiger partial charge in [-0.15, -0.1) is 0 Å². The summed E-state index contributed by atoms with van der Waals surface area (Å²) in [5.74, 6) is 1.19. The van der Waals surface area contributed by atoms with Gasteiger partial charge in [-0.3, -0.25) is 9.63 Å². The fourth-order valence-corrected chi connectivity index (χ4v) is 3.57. The predicted molar refractivity (Wildman–Crippen MR) is 126 cm³/mol. The molecule has 1 aromatic carbocycles. The lowest BCUT2D eigenvalue weighted by Gasteiger charge is -2.27. The number of carbonyl (C=O) groups is 1. The van der Waals surface area contributed by atoms with Crippen LogP contribution in [0.2, 0.25) is 0 Å². The molecule has 0 bridgehead atoms. The van der Waals surface area contributed by atoms with Crippen molar-refractivity contribution in [3.8, 4) is 0 Å². The molecule has 2 aromatic rings. The number of anilines is 4. The Morgan fingerprint density at radius 2 is 2.00 bits per heavy atom. The van der Waals surface area contributed by atoms with E-state index in [4.69, 9.17) is 4.84 Å². The second-order valence-electron chi connectivity index (χ2n) is 9.32. The number of rotatable bonds is 8. The zero-order chi connectivity index (χ0) is 23.3. The number of carbonyl (C=O) groups excluding carboxylic acids is 1. The maximum atomic E-state index is 12.2. The second kappa shape index (κ2) is 10.1. The lowest BCUT2D eigenvalue weighted by Crippen LogP contribution is -2.31. The average Bonchev–Trinajstić information content (AvgIpc) is 3.21. The Morgan fingerprint density at radius 3 is 2.66 bits per heavy atom. The lowest BCUT2D eigenvalue weighted by molar-refractivity contribution is 0.0537. The smallest absolute Gasteiger partial charge is 0.274 e. The van der Waals surface area contributed by atoms with Crippen molar-refractivity contribution in [2.24, 2.45) is 5.41 Å². The van der Waals surface area contributed by atoms with Gasteiger partial charge in [0.2, 0.25) is 17.8 Å². The van der Waals surface area contributed by atoms with E-state index in [1.165, 1.54) is 7.11 Å². The fourth-order valence-electron chi connectivity index (χ4n) is 3.57. The van der Waals surface area contributed by atoms with E-state index in [1.807, 2.05) is 24.9 Å². The Kier molecular flexibility index (Phi) is 7.47. The van der Waals surface area contributed by atoms with Crippen molar-refractivity contribution >= 4 is 29.4 Å². The lowest BCUT2D eigenvalue weighted by atomic mass is 9.96. The van der Waals surface area contributed by atoms with Crippen LogP contribution in [0.15, 0.2) is 18.2 Å². The van der Waals surface area contributed by atoms with Crippen LogP contribution in [0.1, 0.15) is 43.1 Å². The maximum Gasteiger partial charge on any atom is 0.274 e. The summed E-state index contributed by atoms with van der Waals surface area (Å²) in [6.07, 6.45) is 1.01. The molecule has 0 spiro atoms. The Balaban J connectivity index is 1.91. The topological polar surface area (TPSA) is 116 Å². The SMILES string of the molecule is CONC(=O)c1ccc(C)c(Nc2nc(N[C@@H]3CCNC3)nc(N(C)CC(C)(C)C)n2)c1. The third-order valence-electron chi connectivity index (χ3n) is 5.01. The molecule has 1 atom stereocenters. The number of nitrogens with zero attached hydrogens (tertiary/aromatic N) is 4. The summed E-state index contributed by atoms with van der Waals surface area (Å²) in [5, 5.41) is 10.0. The molecule has 10 nitrogen and oxygen atoms in total. The molecule has 174 valence electrons. The van der Waals surface area contributed by atoms with Gasteiger partial charge in [0.05, 0.1) is 7.11 Å². The van der Waals surface area contributed by atoms with Crippen LogP contribution < -0.4 is 26.3 Å². The molecular weight excluding hydrogens is 408 g/mol. The molecule has 32 heavy (non-hydrogen) atoms. The zero-order valence-corrected chi connectivity index (χ0v) is 19.7. The number of hydroxylamine groups is 1. The highest BCUT2D eigenvalue weighted by molar-refractivity contribution is 5.94. The normalized spacial score (nSPS) is 16.0. The van der Waals surface area contributed by atoms with E-state index >= 15 is 0 Å². The van der Waals surface area contributed by atoms with Gasteiger partial charge in [0.15, 0.2) is 0 Å². The van der Waals surface area contributed by atoms with Crippen molar-refractivity contribution in [3.63, 3.8) is 0 Å². The molecule has 0 unspecified atom stereocenters. The van der Waals surface area contributed by atoms with Crippen molar-refractivity contribution in [2.45, 2.75) is 40.2 Å². The number of nitrogens with one attached hydrogen (secondary N) is 4. The summed E-state index contributed by atoms with van der Waals surface area (Å²) < 4.78 is 0. The Labute approximate surface area is 189 Å². The van der Waals surface area contributed by atoms with E-state index in [0.717, 1.165) is 37.3 Å². The number of amides is 1. The molecule has 1 aliphatic rings. The summed E-state index contributed by atoms with van der Waals surface area (Å²) in [6.45, 7) is 11.1. The molecule has 1 aromatic heterocycles. The van der Waals surface area contributed by atoms with E-state index in [9.17, 15) is 4.79 Å². The van der Waals surface area contributed by atoms with Crippen LogP contribution in [0, 0.1) is 12.3 Å². The van der Waals surface area contributed by atoms with Gasteiger partial charge in [-0.1, -0.05) is 26.8 Å². The minimum atomic E-state index is -0.326. The number of benzene rings is 1. The van der Waals surface area contributed by atoms with E-state index in [0.29, 0.717) is 23.4 Å². The molecule has 4 N–H and O–H groups in total. The van der Waals surface area contributed by atoms with Crippen molar-refractivity contribution in [1.29, 1.82) is 0 Å². The molecule has 1 fully saturated rings. The number of hydrogen-bond acceptors (Lipinski definition) is 9. The summed E-state index contributed by atoms with van der Waals surface area (Å²) >= 11 is 0. The molecular formula is C22H34N8O2. The molecule has 1 saturated heterocycles. The third kappa shape index (κ3) is 6.51. The number of aryl methyl sites for hydroxylation is 1. The molecule has 3 rings (SSSR count). The monoisotopic (exact) mass is 442 g/mol. The second-order valence-corrected chi connectivity index (χ2v) is 9.32. The number of aromatic nitrogens is 3. The van der Waals surface area contributed by atoms with Crippen LogP contribution in [0.25, 0.3) is 0 Å². The maximum absolute atomic E-state index is 12.2. The Morgan fingerprint density at radius 1 is 1.25 bits per heavy atom. The molecule has 0 saturated carbocycles. The third-order valence-corrected chi connectivity index (χ3v) is 5.01. The highest BCUT2D eigenvalue weighted by Crippen LogP contribution is 2.24. The summed E-state index contributed by atoms with van der Waals surface area (Å²) in [4.78, 5) is 32.8. The summed E-state index contributed by atoms with van der Waals surface area (Å²) in [7, 11) is 3.38. The quantitative estimate of drug-likeness (QED) is 0.457. The predicted octanol–water partition coefficient (Wildman–Crippen LogP) is 2.47. The summed E-state index contributed by atoms with van der Waals surface area (Å²) in [5.41, 5.74) is 4.58. The fraction of sp³-hybridized carbons (Fsp3) is 0.545. The van der Waals surface area contributed by atoms with Crippen LogP contribution in [0.4, 0.5) is 23.5 Å². The minimum absolute atomic E-state index is 0.0809. The van der Waals surface area contributed by atoms with Crippen molar-refractivity contribution in [2.75, 3.05) is 49.3 Å². The highest BCUT2D eigenvalue weighted by Gasteiger charge is 2.20. The van der Waals surface area contributed by atoms with Crippen LogP contribution in [-0.2, 0) is 4.84 Å². The first kappa shape index (κ1) is 23.7. The minimum Gasteiger partial charge on any atom is -0.350 e. The van der Waals surface area contributed by atoms with Gasteiger partial charge in [0.1, 0.15) is 0 Å². The summed E-state index contributed by atoms with van der Waals surface area (Å²) in [6, 6.07) is 5.63. The molecule has 1 amide bonds. The van der Waals surface area contributed by atoms with Crippen LogP contribution in [0.3, 0.4) is 0 Å². The number of hydrogen-bond donors (Lipinski definition) is 4. The van der Waals surface area contributed by atoms with Gasteiger partial charge >= 0.3 is 0 Å². The molecule has 10 heteroatoms. The zero-order valence-electron chi connectivity index (χ0n) is 19.7. The Hall–Kier alpha value is -2.98. The van der Waals surface area contributed by atoms with E-state index in [2.05, 4.69) is 57.2 Å². The first-order chi connectivity index (χ1) is 15.1. The largest absolute Gasteiger partial charge is 0.350 e. The highest BCUT2D eigenvalue weighted by atomic mass is 16.6. The molecule has 0 radical (unpaired) electrons. The van der Waals surface area contributed by atoms with Gasteiger partial charge < -0.3 is 20.9 Å². The van der Waals surface area contributed by atoms with Crippen molar-refractivity contribution in [1.82, 2.24) is 25.7 Å². The van der Waals surface area contributed by atoms with Gasteiger partial charge in [-0.2, -0.15) is 15.0 Å². The van der Waals surface area contributed by atoms with Crippen LogP contribution in [-0.4, -0.2) is 60.7 Å². The molecule has 1 aliphatic heterocycles. The van der Waals surface area contributed by atoms with Crippen LogP contribution >= 0.6 is 0 Å². The molecule has 2 heterocycles. The first-order valence-corrected chi connectivity index (χ1v) is 10.8. The van der Waals surface area contributed by atoms with Gasteiger partial charge in [-0.25, -0.2) is 5.48 Å². The van der Waals surface area contributed by atoms with Crippen LogP contribution in [0.5, 0.6) is 0 Å². The van der Waals surface area contributed by atoms with E-state index in [1.54, 1.807) is 12.1 Å². The van der Waals surface area contributed by atoms with Gasteiger partial charge in [0, 0.05) is 37.4 Å².